The summed E-state index contributed by atoms with van der Waals surface area (Å²) in [4.78, 5) is 15.0. The van der Waals surface area contributed by atoms with Crippen molar-refractivity contribution in [3.63, 3.8) is 0 Å². The molecule has 1 atom stereocenters. The highest BCUT2D eigenvalue weighted by Gasteiger charge is 2.35. The molecule has 228 valence electrons. The molecule has 0 bridgehead atoms. The van der Waals surface area contributed by atoms with Crippen LogP contribution in [0.15, 0.2) is 78.3 Å². The highest BCUT2D eigenvalue weighted by molar-refractivity contribution is 5.76. The van der Waals surface area contributed by atoms with Gasteiger partial charge in [-0.3, -0.25) is 4.79 Å². The number of carbonyl (C=O) groups excluding carboxylic acids is 1. The van der Waals surface area contributed by atoms with Crippen molar-refractivity contribution in [2.24, 2.45) is 17.6 Å². The van der Waals surface area contributed by atoms with Gasteiger partial charge in [0.2, 0.25) is 5.91 Å². The van der Waals surface area contributed by atoms with E-state index >= 15 is 4.39 Å². The molecule has 8 heteroatoms. The quantitative estimate of drug-likeness (QED) is 0.0797. The smallest absolute Gasteiger partial charge is 0.379 e. The first-order chi connectivity index (χ1) is 20.1. The van der Waals surface area contributed by atoms with Gasteiger partial charge < -0.3 is 11.1 Å². The number of hydrogen-bond donors (Lipinski definition) is 2. The zero-order valence-electron chi connectivity index (χ0n) is 24.5. The van der Waals surface area contributed by atoms with Crippen molar-refractivity contribution in [1.29, 1.82) is 0 Å². The Morgan fingerprint density at radius 3 is 2.45 bits per heavy atom. The number of hydrogen-bond acceptors (Lipinski definition) is 3. The molecule has 0 aliphatic heterocycles. The van der Waals surface area contributed by atoms with Gasteiger partial charge in [-0.1, -0.05) is 55.8 Å². The van der Waals surface area contributed by atoms with Gasteiger partial charge in [-0.25, -0.2) is 9.37 Å². The van der Waals surface area contributed by atoms with E-state index in [0.29, 0.717) is 56.0 Å². The first-order valence-electron chi connectivity index (χ1n) is 14.9. The van der Waals surface area contributed by atoms with Crippen LogP contribution in [0.25, 0.3) is 0 Å². The number of halogens is 4. The summed E-state index contributed by atoms with van der Waals surface area (Å²) in [5.41, 5.74) is 7.88. The number of aryl methyl sites for hydroxylation is 1. The van der Waals surface area contributed by atoms with Crippen LogP contribution >= 0.6 is 0 Å². The van der Waals surface area contributed by atoms with Crippen LogP contribution in [0.1, 0.15) is 87.2 Å². The molecule has 4 nitrogen and oxygen atoms in total. The summed E-state index contributed by atoms with van der Waals surface area (Å²) in [6.07, 6.45) is 7.04. The Balaban J connectivity index is 1.80. The van der Waals surface area contributed by atoms with Gasteiger partial charge in [0, 0.05) is 12.2 Å². The highest BCUT2D eigenvalue weighted by atomic mass is 19.4. The van der Waals surface area contributed by atoms with Gasteiger partial charge in [-0.15, -0.1) is 6.58 Å². The van der Waals surface area contributed by atoms with Gasteiger partial charge in [-0.05, 0) is 98.5 Å². The van der Waals surface area contributed by atoms with Gasteiger partial charge in [0.15, 0.2) is 0 Å². The van der Waals surface area contributed by atoms with Crippen molar-refractivity contribution in [3.05, 3.63) is 101 Å². The zero-order valence-corrected chi connectivity index (χ0v) is 24.5. The van der Waals surface area contributed by atoms with Gasteiger partial charge in [-0.2, -0.15) is 13.2 Å². The van der Waals surface area contributed by atoms with Crippen molar-refractivity contribution in [3.8, 4) is 0 Å². The third-order valence-corrected chi connectivity index (χ3v) is 7.61. The van der Waals surface area contributed by atoms with Crippen molar-refractivity contribution in [2.75, 3.05) is 0 Å². The van der Waals surface area contributed by atoms with Gasteiger partial charge in [0.05, 0.1) is 12.1 Å². The number of aromatic nitrogens is 1. The molecule has 1 amide bonds. The van der Waals surface area contributed by atoms with Crippen molar-refractivity contribution in [1.82, 2.24) is 10.3 Å². The topological polar surface area (TPSA) is 68.0 Å². The van der Waals surface area contributed by atoms with Crippen LogP contribution in [0.3, 0.4) is 0 Å². The van der Waals surface area contributed by atoms with Crippen molar-refractivity contribution < 1.29 is 22.4 Å². The average Bonchev–Trinajstić information content (AvgIpc) is 3.79. The summed E-state index contributed by atoms with van der Waals surface area (Å²) < 4.78 is 55.9. The number of unbranched alkanes of at least 4 members (excludes halogenated alkanes) is 2. The molecular weight excluding hydrogens is 542 g/mol. The summed E-state index contributed by atoms with van der Waals surface area (Å²) in [7, 11) is 0. The second-order valence-electron chi connectivity index (χ2n) is 11.1. The molecule has 2 aromatic rings. The molecule has 0 saturated heterocycles. The minimum Gasteiger partial charge on any atom is -0.379 e. The monoisotopic (exact) mass is 585 g/mol. The number of allylic oxidation sites excluding steroid dienone is 4. The summed E-state index contributed by atoms with van der Waals surface area (Å²) in [6, 6.07) is 11.5. The number of benzene rings is 1. The number of primary amides is 1. The van der Waals surface area contributed by atoms with E-state index in [9.17, 15) is 18.0 Å². The maximum atomic E-state index is 16.5. The number of pyridine rings is 1. The summed E-state index contributed by atoms with van der Waals surface area (Å²) in [6.45, 7) is 6.28. The van der Waals surface area contributed by atoms with Gasteiger partial charge in [0.1, 0.15) is 11.5 Å². The van der Waals surface area contributed by atoms with Crippen LogP contribution in [0, 0.1) is 11.8 Å². The van der Waals surface area contributed by atoms with E-state index < -0.39 is 17.8 Å². The Morgan fingerprint density at radius 1 is 1.12 bits per heavy atom. The number of alkyl halides is 3. The molecule has 3 N–H and O–H groups in total. The van der Waals surface area contributed by atoms with E-state index in [1.807, 2.05) is 30.3 Å². The Labute approximate surface area is 247 Å². The Kier molecular flexibility index (Phi) is 12.8. The Morgan fingerprint density at radius 2 is 1.83 bits per heavy atom. The molecule has 1 aromatic heterocycles. The van der Waals surface area contributed by atoms with Crippen LogP contribution in [-0.2, 0) is 30.4 Å². The second-order valence-corrected chi connectivity index (χ2v) is 11.1. The standard InChI is InChI=1S/C34H43F4N3O/c1-3-5-7-14-30(40-23-25-18-16-24(17-19-25)22-32(39)42)33(35)29(12-6-4-2)28(26-20-21-26)13-8-10-27-11-9-15-31(41-27)34(36,37)38/h3,9,11,14-19,26,28,40H,1,4-8,10,12-13,20-23H2,2H3,(H2,39,42)/b30-14+,33-29-. The van der Waals surface area contributed by atoms with Gasteiger partial charge >= 0.3 is 6.18 Å². The molecular formula is C34H43F4N3O. The number of carbonyl (C=O) groups is 1. The van der Waals surface area contributed by atoms with E-state index in [-0.39, 0.29) is 18.2 Å². The van der Waals surface area contributed by atoms with Crippen molar-refractivity contribution >= 4 is 5.91 Å². The fraction of sp³-hybridized carbons (Fsp3) is 0.471. The fourth-order valence-corrected chi connectivity index (χ4v) is 5.23. The highest BCUT2D eigenvalue weighted by Crippen LogP contribution is 2.46. The lowest BCUT2D eigenvalue weighted by molar-refractivity contribution is -0.141. The SMILES string of the molecule is C=CCC/C=C(NCc1ccc(CC(N)=O)cc1)\C(F)=C(/CCCC)C(CCCc1cccc(C(F)(F)F)n1)C1CC1. The minimum absolute atomic E-state index is 0.0417. The predicted molar refractivity (Wildman–Crippen MR) is 160 cm³/mol. The Hall–Kier alpha value is -3.42. The fourth-order valence-electron chi connectivity index (χ4n) is 5.23. The van der Waals surface area contributed by atoms with Crippen LogP contribution in [-0.4, -0.2) is 10.9 Å². The molecule has 1 aliphatic rings. The van der Waals surface area contributed by atoms with E-state index in [2.05, 4.69) is 23.8 Å². The number of amides is 1. The molecule has 1 aromatic carbocycles. The second kappa shape index (κ2) is 16.3. The molecule has 1 saturated carbocycles. The molecule has 1 heterocycles. The number of rotatable bonds is 18. The van der Waals surface area contributed by atoms with Crippen LogP contribution in [0.2, 0.25) is 0 Å². The zero-order chi connectivity index (χ0) is 30.5. The normalized spacial score (nSPS) is 15.2. The molecule has 0 spiro atoms. The third kappa shape index (κ3) is 10.8. The summed E-state index contributed by atoms with van der Waals surface area (Å²) >= 11 is 0. The minimum atomic E-state index is -4.47. The molecule has 1 fully saturated rings. The predicted octanol–water partition coefficient (Wildman–Crippen LogP) is 8.53. The first kappa shape index (κ1) is 33.1. The van der Waals surface area contributed by atoms with Crippen LogP contribution < -0.4 is 11.1 Å². The molecule has 1 aliphatic carbocycles. The summed E-state index contributed by atoms with van der Waals surface area (Å²) in [5.74, 6) is -0.173. The number of nitrogens with zero attached hydrogens (tertiary/aromatic N) is 1. The first-order valence-corrected chi connectivity index (χ1v) is 14.9. The number of nitrogens with two attached hydrogens (primary N) is 1. The van der Waals surface area contributed by atoms with E-state index in [4.69, 9.17) is 5.73 Å². The molecule has 42 heavy (non-hydrogen) atoms. The lowest BCUT2D eigenvalue weighted by Crippen LogP contribution is -2.18. The maximum Gasteiger partial charge on any atom is 0.433 e. The average molecular weight is 586 g/mol. The lowest BCUT2D eigenvalue weighted by atomic mass is 9.84. The van der Waals surface area contributed by atoms with Crippen LogP contribution in [0.4, 0.5) is 17.6 Å². The maximum absolute atomic E-state index is 16.5. The molecule has 3 rings (SSSR count). The van der Waals surface area contributed by atoms with E-state index in [0.717, 1.165) is 54.9 Å². The summed E-state index contributed by atoms with van der Waals surface area (Å²) in [5, 5.41) is 3.31. The third-order valence-electron chi connectivity index (χ3n) is 7.61. The van der Waals surface area contributed by atoms with Gasteiger partial charge in [0.25, 0.3) is 0 Å². The van der Waals surface area contributed by atoms with E-state index in [1.54, 1.807) is 12.1 Å². The molecule has 0 radical (unpaired) electrons. The van der Waals surface area contributed by atoms with Crippen molar-refractivity contribution in [2.45, 2.75) is 90.3 Å². The largest absolute Gasteiger partial charge is 0.433 e. The van der Waals surface area contributed by atoms with E-state index in [1.165, 1.54) is 6.07 Å². The Bertz CT molecular complexity index is 1230. The number of nitrogens with one attached hydrogen (secondary N) is 1. The lowest BCUT2D eigenvalue weighted by Gasteiger charge is -2.23. The van der Waals surface area contributed by atoms with Crippen LogP contribution in [0.5, 0.6) is 0 Å². The molecule has 1 unspecified atom stereocenters.